The van der Waals surface area contributed by atoms with Gasteiger partial charge in [0.1, 0.15) is 11.5 Å². The third-order valence-corrected chi connectivity index (χ3v) is 6.35. The monoisotopic (exact) mass is 450 g/mol. The summed E-state index contributed by atoms with van der Waals surface area (Å²) in [5, 5.41) is 21.3. The predicted octanol–water partition coefficient (Wildman–Crippen LogP) is 3.15. The minimum absolute atomic E-state index is 0.0399. The van der Waals surface area contributed by atoms with E-state index < -0.39 is 17.7 Å². The minimum atomic E-state index is -0.762. The van der Waals surface area contributed by atoms with Gasteiger partial charge in [-0.3, -0.25) is 14.5 Å². The van der Waals surface area contributed by atoms with Crippen LogP contribution in [0, 0.1) is 13.8 Å². The third-order valence-electron chi connectivity index (χ3n) is 6.35. The maximum absolute atomic E-state index is 13.2. The van der Waals surface area contributed by atoms with Crippen LogP contribution >= 0.6 is 0 Å². The number of likely N-dealkylation sites (tertiary alicyclic amines) is 1. The Labute approximate surface area is 193 Å². The van der Waals surface area contributed by atoms with Gasteiger partial charge in [0.2, 0.25) is 0 Å². The first-order valence-corrected chi connectivity index (χ1v) is 11.3. The summed E-state index contributed by atoms with van der Waals surface area (Å²) in [5.74, 6) is -1.47. The number of nitrogens with zero attached hydrogens (tertiary/aromatic N) is 2. The SMILES string of the molecule is Cc1ccc(C)c(/C(O)=C2\C(=O)C(=O)N(CCCN3CCOCC3)C2c2cccc(O)c2)c1. The molecule has 0 bridgehead atoms. The van der Waals surface area contributed by atoms with Gasteiger partial charge in [0.25, 0.3) is 11.7 Å². The molecule has 7 nitrogen and oxygen atoms in total. The summed E-state index contributed by atoms with van der Waals surface area (Å²) in [7, 11) is 0. The fourth-order valence-electron chi connectivity index (χ4n) is 4.58. The van der Waals surface area contributed by atoms with Crippen molar-refractivity contribution in [3.63, 3.8) is 0 Å². The molecule has 1 unspecified atom stereocenters. The Morgan fingerprint density at radius 2 is 1.82 bits per heavy atom. The number of Topliss-reactive ketones (excluding diaryl/α,β-unsaturated/α-hetero) is 1. The van der Waals surface area contributed by atoms with Crippen molar-refractivity contribution < 1.29 is 24.5 Å². The third kappa shape index (κ3) is 4.79. The summed E-state index contributed by atoms with van der Waals surface area (Å²) >= 11 is 0. The average molecular weight is 451 g/mol. The molecule has 7 heteroatoms. The second-order valence-corrected chi connectivity index (χ2v) is 8.71. The fraction of sp³-hybridized carbons (Fsp3) is 0.385. The molecule has 2 fully saturated rings. The van der Waals surface area contributed by atoms with Crippen molar-refractivity contribution >= 4 is 17.4 Å². The van der Waals surface area contributed by atoms with E-state index in [9.17, 15) is 19.8 Å². The highest BCUT2D eigenvalue weighted by molar-refractivity contribution is 6.46. The van der Waals surface area contributed by atoms with Crippen molar-refractivity contribution in [3.05, 3.63) is 70.3 Å². The molecule has 4 rings (SSSR count). The molecular weight excluding hydrogens is 420 g/mol. The number of amides is 1. The largest absolute Gasteiger partial charge is 0.508 e. The number of aliphatic hydroxyl groups excluding tert-OH is 1. The van der Waals surface area contributed by atoms with E-state index in [0.29, 0.717) is 37.3 Å². The fourth-order valence-corrected chi connectivity index (χ4v) is 4.58. The summed E-state index contributed by atoms with van der Waals surface area (Å²) in [4.78, 5) is 30.1. The van der Waals surface area contributed by atoms with E-state index in [2.05, 4.69) is 4.90 Å². The zero-order valence-electron chi connectivity index (χ0n) is 19.1. The van der Waals surface area contributed by atoms with Crippen LogP contribution in [-0.4, -0.2) is 71.1 Å². The van der Waals surface area contributed by atoms with E-state index in [1.165, 1.54) is 4.90 Å². The topological polar surface area (TPSA) is 90.3 Å². The minimum Gasteiger partial charge on any atom is -0.508 e. The van der Waals surface area contributed by atoms with Gasteiger partial charge in [0.05, 0.1) is 24.8 Å². The van der Waals surface area contributed by atoms with Crippen LogP contribution in [-0.2, 0) is 14.3 Å². The molecule has 2 aromatic carbocycles. The van der Waals surface area contributed by atoms with Crippen molar-refractivity contribution in [1.82, 2.24) is 9.80 Å². The first-order valence-electron chi connectivity index (χ1n) is 11.3. The van der Waals surface area contributed by atoms with Crippen molar-refractivity contribution in [2.24, 2.45) is 0 Å². The van der Waals surface area contributed by atoms with Crippen molar-refractivity contribution in [3.8, 4) is 5.75 Å². The van der Waals surface area contributed by atoms with Gasteiger partial charge in [-0.25, -0.2) is 0 Å². The van der Waals surface area contributed by atoms with Crippen LogP contribution in [0.25, 0.3) is 5.76 Å². The number of phenolic OH excluding ortho intramolecular Hbond substituents is 1. The molecule has 1 atom stereocenters. The number of aryl methyl sites for hydroxylation is 2. The second kappa shape index (κ2) is 9.77. The van der Waals surface area contributed by atoms with Crippen molar-refractivity contribution in [2.75, 3.05) is 39.4 Å². The van der Waals surface area contributed by atoms with Gasteiger partial charge in [-0.15, -0.1) is 0 Å². The molecule has 2 saturated heterocycles. The van der Waals surface area contributed by atoms with E-state index in [1.807, 2.05) is 32.0 Å². The Bertz CT molecular complexity index is 1090. The van der Waals surface area contributed by atoms with Crippen LogP contribution in [0.4, 0.5) is 0 Å². The Kier molecular flexibility index (Phi) is 6.81. The number of ketones is 1. The lowest BCUT2D eigenvalue weighted by Crippen LogP contribution is -2.38. The average Bonchev–Trinajstić information content (AvgIpc) is 3.06. The van der Waals surface area contributed by atoms with Crippen LogP contribution in [0.5, 0.6) is 5.75 Å². The molecule has 0 aliphatic carbocycles. The first-order chi connectivity index (χ1) is 15.9. The number of carbonyl (C=O) groups excluding carboxylic acids is 2. The highest BCUT2D eigenvalue weighted by atomic mass is 16.5. The van der Waals surface area contributed by atoms with Gasteiger partial charge in [0.15, 0.2) is 0 Å². The molecule has 0 radical (unpaired) electrons. The van der Waals surface area contributed by atoms with Gasteiger partial charge < -0.3 is 19.8 Å². The molecule has 2 aliphatic rings. The van der Waals surface area contributed by atoms with Crippen LogP contribution in [0.2, 0.25) is 0 Å². The van der Waals surface area contributed by atoms with E-state index in [0.717, 1.165) is 30.8 Å². The molecule has 0 saturated carbocycles. The molecule has 2 aliphatic heterocycles. The number of ether oxygens (including phenoxy) is 1. The Hall–Kier alpha value is -3.16. The highest BCUT2D eigenvalue weighted by Crippen LogP contribution is 2.40. The van der Waals surface area contributed by atoms with E-state index in [1.54, 1.807) is 24.3 Å². The van der Waals surface area contributed by atoms with Crippen LogP contribution < -0.4 is 0 Å². The molecule has 0 spiro atoms. The number of aromatic hydroxyl groups is 1. The normalized spacial score (nSPS) is 21.0. The number of aliphatic hydroxyl groups is 1. The Morgan fingerprint density at radius 1 is 1.06 bits per heavy atom. The number of morpholine rings is 1. The molecule has 2 heterocycles. The molecular formula is C26H30N2O5. The molecule has 0 aromatic heterocycles. The summed E-state index contributed by atoms with van der Waals surface area (Å²) in [6.45, 7) is 8.02. The molecule has 174 valence electrons. The first kappa shape index (κ1) is 23.0. The van der Waals surface area contributed by atoms with Gasteiger partial charge in [-0.05, 0) is 49.6 Å². The lowest BCUT2D eigenvalue weighted by Gasteiger charge is -2.29. The molecule has 2 N–H and O–H groups in total. The van der Waals surface area contributed by atoms with E-state index >= 15 is 0 Å². The van der Waals surface area contributed by atoms with Crippen molar-refractivity contribution in [1.29, 1.82) is 0 Å². The Balaban J connectivity index is 1.71. The molecule has 1 amide bonds. The highest BCUT2D eigenvalue weighted by Gasteiger charge is 2.46. The van der Waals surface area contributed by atoms with Crippen molar-refractivity contribution in [2.45, 2.75) is 26.3 Å². The Morgan fingerprint density at radius 3 is 2.55 bits per heavy atom. The molecule has 33 heavy (non-hydrogen) atoms. The lowest BCUT2D eigenvalue weighted by molar-refractivity contribution is -0.140. The number of benzene rings is 2. The van der Waals surface area contributed by atoms with E-state index in [-0.39, 0.29) is 17.1 Å². The molecule has 2 aromatic rings. The second-order valence-electron chi connectivity index (χ2n) is 8.71. The summed E-state index contributed by atoms with van der Waals surface area (Å²) in [6.07, 6.45) is 0.686. The summed E-state index contributed by atoms with van der Waals surface area (Å²) in [6, 6.07) is 11.4. The standard InChI is InChI=1S/C26H30N2O5/c1-17-7-8-18(2)21(15-17)24(30)22-23(19-5-3-6-20(29)16-19)28(26(32)25(22)31)10-4-9-27-11-13-33-14-12-27/h3,5-8,15-16,23,29-30H,4,9-14H2,1-2H3/b24-22+. The van der Waals surface area contributed by atoms with Gasteiger partial charge >= 0.3 is 0 Å². The maximum atomic E-state index is 13.2. The van der Waals surface area contributed by atoms with Gasteiger partial charge in [-0.1, -0.05) is 29.8 Å². The van der Waals surface area contributed by atoms with Crippen LogP contribution in [0.3, 0.4) is 0 Å². The van der Waals surface area contributed by atoms with E-state index in [4.69, 9.17) is 4.74 Å². The quantitative estimate of drug-likeness (QED) is 0.399. The number of phenols is 1. The number of hydrogen-bond acceptors (Lipinski definition) is 6. The van der Waals surface area contributed by atoms with Gasteiger partial charge in [-0.2, -0.15) is 0 Å². The van der Waals surface area contributed by atoms with Crippen LogP contribution in [0.1, 0.15) is 34.7 Å². The number of rotatable bonds is 6. The van der Waals surface area contributed by atoms with Crippen LogP contribution in [0.15, 0.2) is 48.0 Å². The summed E-state index contributed by atoms with van der Waals surface area (Å²) < 4.78 is 5.39. The number of hydrogen-bond donors (Lipinski definition) is 2. The summed E-state index contributed by atoms with van der Waals surface area (Å²) in [5.41, 5.74) is 2.94. The smallest absolute Gasteiger partial charge is 0.295 e. The lowest BCUT2D eigenvalue weighted by atomic mass is 9.93. The maximum Gasteiger partial charge on any atom is 0.295 e. The van der Waals surface area contributed by atoms with Gasteiger partial charge in [0, 0.05) is 31.7 Å². The predicted molar refractivity (Wildman–Crippen MR) is 125 cm³/mol. The zero-order chi connectivity index (χ0) is 23.5. The number of carbonyl (C=O) groups is 2. The zero-order valence-corrected chi connectivity index (χ0v) is 19.1.